The summed E-state index contributed by atoms with van der Waals surface area (Å²) in [7, 11) is 0. The van der Waals surface area contributed by atoms with E-state index in [1.807, 2.05) is 59.7 Å². The van der Waals surface area contributed by atoms with Gasteiger partial charge in [-0.2, -0.15) is 0 Å². The number of aromatic nitrogens is 1. The predicted octanol–water partition coefficient (Wildman–Crippen LogP) is 5.71. The highest BCUT2D eigenvalue weighted by atomic mass is 16.3. The van der Waals surface area contributed by atoms with Gasteiger partial charge in [0.25, 0.3) is 0 Å². The molecule has 0 amide bonds. The van der Waals surface area contributed by atoms with Crippen LogP contribution in [0.5, 0.6) is 5.75 Å². The van der Waals surface area contributed by atoms with Gasteiger partial charge in [0.2, 0.25) is 0 Å². The van der Waals surface area contributed by atoms with Crippen LogP contribution in [0.3, 0.4) is 0 Å². The van der Waals surface area contributed by atoms with Crippen LogP contribution in [0.1, 0.15) is 61.9 Å². The average molecular weight is 422 g/mol. The highest BCUT2D eigenvalue weighted by molar-refractivity contribution is 6.05. The van der Waals surface area contributed by atoms with E-state index in [2.05, 4.69) is 0 Å². The lowest BCUT2D eigenvalue weighted by Gasteiger charge is -2.26. The van der Waals surface area contributed by atoms with E-state index in [9.17, 15) is 10.2 Å². The first-order valence-corrected chi connectivity index (χ1v) is 11.1. The molecule has 2 aromatic carbocycles. The summed E-state index contributed by atoms with van der Waals surface area (Å²) in [6.45, 7) is 11.8. The van der Waals surface area contributed by atoms with Gasteiger partial charge in [-0.05, 0) is 73.2 Å². The van der Waals surface area contributed by atoms with Gasteiger partial charge in [-0.25, -0.2) is 4.98 Å². The van der Waals surface area contributed by atoms with Crippen LogP contribution < -0.4 is 5.73 Å². The van der Waals surface area contributed by atoms with Crippen molar-refractivity contribution in [2.45, 2.75) is 66.9 Å². The van der Waals surface area contributed by atoms with Crippen molar-refractivity contribution in [2.75, 3.05) is 5.73 Å². The van der Waals surface area contributed by atoms with Crippen LogP contribution in [-0.4, -0.2) is 27.5 Å². The van der Waals surface area contributed by atoms with Crippen molar-refractivity contribution >= 4 is 22.8 Å². The summed E-state index contributed by atoms with van der Waals surface area (Å²) < 4.78 is 0. The van der Waals surface area contributed by atoms with Gasteiger partial charge in [-0.1, -0.05) is 27.7 Å². The van der Waals surface area contributed by atoms with Gasteiger partial charge < -0.3 is 21.4 Å². The molecule has 1 aromatic heterocycles. The molecule has 4 rings (SSSR count). The summed E-state index contributed by atoms with van der Waals surface area (Å²) in [6.07, 6.45) is 2.83. The first-order chi connectivity index (χ1) is 14.9. The van der Waals surface area contributed by atoms with E-state index in [0.29, 0.717) is 29.8 Å². The molecule has 3 aromatic rings. The molecule has 1 aliphatic carbocycles. The van der Waals surface area contributed by atoms with Crippen molar-refractivity contribution in [1.29, 1.82) is 5.41 Å². The first kappa shape index (κ1) is 24.4. The van der Waals surface area contributed by atoms with Crippen LogP contribution >= 0.6 is 0 Å². The molecule has 1 unspecified atom stereocenters. The number of nitrogens with zero attached hydrogens (tertiary/aromatic N) is 1. The standard InChI is InChI=1S/C22H23N3O2.2C2H6/c1-11-7-13(8-12(2)22(11)27)21-16-9-14(26)3-4-15(16)20-17(10-23)18(24)5-6-19(20)25-21;2*1-2/h5-8,10,14,23,26-27H,3-4,9,24H2,1-2H3;2*1-2H3. The number of phenolic OH excluding ortho intramolecular Hbond substituents is 1. The summed E-state index contributed by atoms with van der Waals surface area (Å²) in [4.78, 5) is 4.90. The lowest BCUT2D eigenvalue weighted by Crippen LogP contribution is -2.21. The Bertz CT molecular complexity index is 1070. The Balaban J connectivity index is 0.000000807. The zero-order valence-electron chi connectivity index (χ0n) is 19.5. The highest BCUT2D eigenvalue weighted by Gasteiger charge is 2.25. The van der Waals surface area contributed by atoms with Gasteiger partial charge in [0.15, 0.2) is 0 Å². The van der Waals surface area contributed by atoms with Crippen molar-refractivity contribution < 1.29 is 10.2 Å². The number of rotatable bonds is 2. The summed E-state index contributed by atoms with van der Waals surface area (Å²) in [5.41, 5.74) is 13.7. The van der Waals surface area contributed by atoms with Gasteiger partial charge in [-0.3, -0.25) is 0 Å². The van der Waals surface area contributed by atoms with E-state index >= 15 is 0 Å². The quantitative estimate of drug-likeness (QED) is 0.314. The third-order valence-electron chi connectivity index (χ3n) is 5.52. The molecule has 5 nitrogen and oxygen atoms in total. The number of anilines is 1. The number of aryl methyl sites for hydroxylation is 3. The van der Waals surface area contributed by atoms with Crippen molar-refractivity contribution in [3.63, 3.8) is 0 Å². The van der Waals surface area contributed by atoms with E-state index in [1.54, 1.807) is 6.07 Å². The monoisotopic (exact) mass is 421 g/mol. The normalized spacial score (nSPS) is 14.6. The minimum absolute atomic E-state index is 0.298. The third kappa shape index (κ3) is 4.57. The number of nitrogen functional groups attached to an aromatic ring is 1. The van der Waals surface area contributed by atoms with E-state index in [0.717, 1.165) is 50.8 Å². The average Bonchev–Trinajstić information content (AvgIpc) is 2.79. The second-order valence-electron chi connectivity index (χ2n) is 7.38. The van der Waals surface area contributed by atoms with Gasteiger partial charge in [-0.15, -0.1) is 0 Å². The van der Waals surface area contributed by atoms with E-state index < -0.39 is 6.10 Å². The fourth-order valence-corrected chi connectivity index (χ4v) is 4.15. The molecule has 31 heavy (non-hydrogen) atoms. The lowest BCUT2D eigenvalue weighted by atomic mass is 9.83. The molecule has 0 radical (unpaired) electrons. The first-order valence-electron chi connectivity index (χ1n) is 11.1. The summed E-state index contributed by atoms with van der Waals surface area (Å²) in [5, 5.41) is 29.2. The molecule has 0 saturated heterocycles. The number of hydrogen-bond donors (Lipinski definition) is 4. The molecular formula is C26H35N3O2. The number of aliphatic hydroxyl groups excluding tert-OH is 1. The second-order valence-corrected chi connectivity index (χ2v) is 7.38. The van der Waals surface area contributed by atoms with Crippen LogP contribution in [0.25, 0.3) is 22.2 Å². The topological polar surface area (TPSA) is 103 Å². The molecule has 0 fully saturated rings. The zero-order chi connectivity index (χ0) is 23.3. The SMILES string of the molecule is CC.CC.Cc1cc(-c2nc3ccc(N)c(C=N)c3c3c2CC(O)CC3)cc(C)c1O. The minimum Gasteiger partial charge on any atom is -0.507 e. The van der Waals surface area contributed by atoms with Crippen LogP contribution in [0.15, 0.2) is 24.3 Å². The van der Waals surface area contributed by atoms with Gasteiger partial charge in [0.05, 0.1) is 17.3 Å². The molecular weight excluding hydrogens is 386 g/mol. The molecule has 166 valence electrons. The van der Waals surface area contributed by atoms with Crippen molar-refractivity contribution in [1.82, 2.24) is 4.98 Å². The Labute approximate surface area is 185 Å². The fraction of sp³-hybridized carbons (Fsp3) is 0.385. The number of hydrogen-bond acceptors (Lipinski definition) is 5. The molecule has 1 atom stereocenters. The number of nitrogens with one attached hydrogen (secondary N) is 1. The van der Waals surface area contributed by atoms with E-state index in [4.69, 9.17) is 16.1 Å². The third-order valence-corrected chi connectivity index (χ3v) is 5.52. The van der Waals surface area contributed by atoms with E-state index in [-0.39, 0.29) is 0 Å². The molecule has 0 saturated carbocycles. The fourth-order valence-electron chi connectivity index (χ4n) is 4.15. The maximum atomic E-state index is 10.3. The summed E-state index contributed by atoms with van der Waals surface area (Å²) >= 11 is 0. The number of phenols is 1. The smallest absolute Gasteiger partial charge is 0.121 e. The van der Waals surface area contributed by atoms with Gasteiger partial charge in [0, 0.05) is 34.8 Å². The highest BCUT2D eigenvalue weighted by Crippen LogP contribution is 2.39. The number of nitrogens with two attached hydrogens (primary N) is 1. The van der Waals surface area contributed by atoms with Crippen molar-refractivity contribution in [2.24, 2.45) is 0 Å². The van der Waals surface area contributed by atoms with Crippen LogP contribution in [0, 0.1) is 19.3 Å². The maximum absolute atomic E-state index is 10.3. The second kappa shape index (κ2) is 10.4. The van der Waals surface area contributed by atoms with E-state index in [1.165, 1.54) is 6.21 Å². The number of fused-ring (bicyclic) bond motifs is 3. The molecule has 1 heterocycles. The van der Waals surface area contributed by atoms with Crippen molar-refractivity contribution in [3.05, 3.63) is 52.1 Å². The zero-order valence-corrected chi connectivity index (χ0v) is 19.5. The number of benzene rings is 2. The Morgan fingerprint density at radius 3 is 2.26 bits per heavy atom. The van der Waals surface area contributed by atoms with Crippen LogP contribution in [0.2, 0.25) is 0 Å². The largest absolute Gasteiger partial charge is 0.507 e. The molecule has 0 spiro atoms. The Hall–Kier alpha value is -2.92. The lowest BCUT2D eigenvalue weighted by molar-refractivity contribution is 0.159. The number of aromatic hydroxyl groups is 1. The Kier molecular flexibility index (Phi) is 8.17. The molecule has 0 aliphatic heterocycles. The van der Waals surface area contributed by atoms with Crippen LogP contribution in [-0.2, 0) is 12.8 Å². The number of pyridine rings is 1. The van der Waals surface area contributed by atoms with Gasteiger partial charge >= 0.3 is 0 Å². The summed E-state index contributed by atoms with van der Waals surface area (Å²) in [6, 6.07) is 7.56. The molecule has 1 aliphatic rings. The minimum atomic E-state index is -0.403. The van der Waals surface area contributed by atoms with Gasteiger partial charge in [0.1, 0.15) is 5.75 Å². The molecule has 0 bridgehead atoms. The summed E-state index contributed by atoms with van der Waals surface area (Å²) in [5.74, 6) is 0.298. The Morgan fingerprint density at radius 2 is 1.68 bits per heavy atom. The number of aliphatic hydroxyl groups is 1. The molecule has 5 N–H and O–H groups in total. The van der Waals surface area contributed by atoms with Crippen LogP contribution in [0.4, 0.5) is 5.69 Å². The maximum Gasteiger partial charge on any atom is 0.121 e. The predicted molar refractivity (Wildman–Crippen MR) is 131 cm³/mol. The van der Waals surface area contributed by atoms with Crippen molar-refractivity contribution in [3.8, 4) is 17.0 Å². The Morgan fingerprint density at radius 1 is 1.06 bits per heavy atom. The molecule has 5 heteroatoms.